The van der Waals surface area contributed by atoms with E-state index in [2.05, 4.69) is 12.1 Å². The molecule has 0 amide bonds. The van der Waals surface area contributed by atoms with E-state index in [0.29, 0.717) is 48.7 Å². The van der Waals surface area contributed by atoms with Crippen LogP contribution in [0.3, 0.4) is 0 Å². The number of hydrogen-bond donors (Lipinski definition) is 0. The molecule has 1 heterocycles. The summed E-state index contributed by atoms with van der Waals surface area (Å²) in [5.74, 6) is -0.524. The van der Waals surface area contributed by atoms with Crippen molar-refractivity contribution in [3.05, 3.63) is 58.9 Å². The fraction of sp³-hybridized carbons (Fsp3) is 0.211. The molecule has 2 aromatic rings. The Bertz CT molecular complexity index is 892. The SMILES string of the molecule is N#Cc1cccc(C#N)c1N1CCN(c2cccc(F)c2C#N)CC1. The molecule has 0 saturated carbocycles. The molecule has 1 saturated heterocycles. The van der Waals surface area contributed by atoms with Gasteiger partial charge in [0.05, 0.1) is 22.5 Å². The number of hydrogen-bond acceptors (Lipinski definition) is 5. The topological polar surface area (TPSA) is 77.8 Å². The van der Waals surface area contributed by atoms with Crippen LogP contribution in [0.15, 0.2) is 36.4 Å². The second kappa shape index (κ2) is 6.91. The van der Waals surface area contributed by atoms with Crippen molar-refractivity contribution in [2.45, 2.75) is 0 Å². The predicted molar refractivity (Wildman–Crippen MR) is 91.4 cm³/mol. The monoisotopic (exact) mass is 331 g/mol. The fourth-order valence-corrected chi connectivity index (χ4v) is 3.12. The Labute approximate surface area is 145 Å². The van der Waals surface area contributed by atoms with Crippen LogP contribution in [0, 0.1) is 39.8 Å². The Morgan fingerprint density at radius 1 is 0.760 bits per heavy atom. The van der Waals surface area contributed by atoms with Crippen LogP contribution in [0.25, 0.3) is 0 Å². The average molecular weight is 331 g/mol. The third-order valence-electron chi connectivity index (χ3n) is 4.32. The largest absolute Gasteiger partial charge is 0.367 e. The first kappa shape index (κ1) is 16.3. The van der Waals surface area contributed by atoms with Gasteiger partial charge in [0, 0.05) is 26.2 Å². The molecule has 1 fully saturated rings. The maximum Gasteiger partial charge on any atom is 0.143 e. The lowest BCUT2D eigenvalue weighted by molar-refractivity contribution is 0.616. The van der Waals surface area contributed by atoms with Crippen LogP contribution in [-0.4, -0.2) is 26.2 Å². The summed E-state index contributed by atoms with van der Waals surface area (Å²) < 4.78 is 13.8. The third-order valence-corrected chi connectivity index (χ3v) is 4.32. The zero-order valence-electron chi connectivity index (χ0n) is 13.4. The third kappa shape index (κ3) is 2.96. The summed E-state index contributed by atoms with van der Waals surface area (Å²) in [6, 6.07) is 15.9. The predicted octanol–water partition coefficient (Wildman–Crippen LogP) is 2.77. The van der Waals surface area contributed by atoms with E-state index in [0.717, 1.165) is 0 Å². The molecule has 0 bridgehead atoms. The number of halogens is 1. The van der Waals surface area contributed by atoms with Crippen molar-refractivity contribution < 1.29 is 4.39 Å². The van der Waals surface area contributed by atoms with Gasteiger partial charge in [-0.25, -0.2) is 4.39 Å². The van der Waals surface area contributed by atoms with Crippen molar-refractivity contribution in [2.75, 3.05) is 36.0 Å². The van der Waals surface area contributed by atoms with Gasteiger partial charge in [-0.1, -0.05) is 12.1 Å². The molecule has 0 unspecified atom stereocenters. The molecule has 2 aromatic carbocycles. The van der Waals surface area contributed by atoms with Crippen molar-refractivity contribution in [2.24, 2.45) is 0 Å². The molecule has 0 radical (unpaired) electrons. The van der Waals surface area contributed by atoms with Crippen LogP contribution >= 0.6 is 0 Å². The summed E-state index contributed by atoms with van der Waals surface area (Å²) >= 11 is 0. The van der Waals surface area contributed by atoms with E-state index in [1.807, 2.05) is 15.9 Å². The van der Waals surface area contributed by atoms with Crippen LogP contribution in [0.1, 0.15) is 16.7 Å². The summed E-state index contributed by atoms with van der Waals surface area (Å²) in [5, 5.41) is 27.8. The van der Waals surface area contributed by atoms with Gasteiger partial charge in [0.25, 0.3) is 0 Å². The quantitative estimate of drug-likeness (QED) is 0.845. The van der Waals surface area contributed by atoms with Gasteiger partial charge in [0.2, 0.25) is 0 Å². The van der Waals surface area contributed by atoms with E-state index < -0.39 is 5.82 Å². The zero-order chi connectivity index (χ0) is 17.8. The molecule has 5 nitrogen and oxygen atoms in total. The first-order valence-corrected chi connectivity index (χ1v) is 7.81. The van der Waals surface area contributed by atoms with Gasteiger partial charge in [0.15, 0.2) is 0 Å². The summed E-state index contributed by atoms with van der Waals surface area (Å²) in [6.07, 6.45) is 0. The number of nitriles is 3. The molecule has 0 aliphatic carbocycles. The highest BCUT2D eigenvalue weighted by molar-refractivity contribution is 5.69. The van der Waals surface area contributed by atoms with Gasteiger partial charge < -0.3 is 9.80 Å². The van der Waals surface area contributed by atoms with Crippen molar-refractivity contribution >= 4 is 11.4 Å². The smallest absolute Gasteiger partial charge is 0.143 e. The Kier molecular flexibility index (Phi) is 4.50. The van der Waals surface area contributed by atoms with Gasteiger partial charge in [-0.3, -0.25) is 0 Å². The lowest BCUT2D eigenvalue weighted by Crippen LogP contribution is -2.47. The van der Waals surface area contributed by atoms with Crippen LogP contribution in [-0.2, 0) is 0 Å². The zero-order valence-corrected chi connectivity index (χ0v) is 13.4. The molecule has 6 heteroatoms. The number of piperazine rings is 1. The Hall–Kier alpha value is -3.56. The molecule has 1 aliphatic heterocycles. The lowest BCUT2D eigenvalue weighted by atomic mass is 10.1. The number of anilines is 2. The van der Waals surface area contributed by atoms with Crippen LogP contribution < -0.4 is 9.80 Å². The molecule has 25 heavy (non-hydrogen) atoms. The van der Waals surface area contributed by atoms with Gasteiger partial charge in [-0.05, 0) is 24.3 Å². The molecule has 0 aromatic heterocycles. The van der Waals surface area contributed by atoms with E-state index in [-0.39, 0.29) is 5.56 Å². The van der Waals surface area contributed by atoms with E-state index >= 15 is 0 Å². The molecular formula is C19H14FN5. The normalized spacial score (nSPS) is 13.7. The molecular weight excluding hydrogens is 317 g/mol. The summed E-state index contributed by atoms with van der Waals surface area (Å²) in [6.45, 7) is 2.30. The Morgan fingerprint density at radius 2 is 1.32 bits per heavy atom. The summed E-state index contributed by atoms with van der Waals surface area (Å²) in [7, 11) is 0. The fourth-order valence-electron chi connectivity index (χ4n) is 3.12. The molecule has 0 spiro atoms. The second-order valence-corrected chi connectivity index (χ2v) is 5.65. The first-order valence-electron chi connectivity index (χ1n) is 7.81. The van der Waals surface area contributed by atoms with Gasteiger partial charge >= 0.3 is 0 Å². The van der Waals surface area contributed by atoms with E-state index in [1.54, 1.807) is 30.3 Å². The Morgan fingerprint density at radius 3 is 1.88 bits per heavy atom. The minimum absolute atomic E-state index is 0.0473. The number of para-hydroxylation sites is 1. The van der Waals surface area contributed by atoms with Crippen molar-refractivity contribution in [1.82, 2.24) is 0 Å². The van der Waals surface area contributed by atoms with E-state index in [4.69, 9.17) is 0 Å². The van der Waals surface area contributed by atoms with Crippen molar-refractivity contribution in [3.8, 4) is 18.2 Å². The van der Waals surface area contributed by atoms with Gasteiger partial charge in [0.1, 0.15) is 29.6 Å². The standard InChI is InChI=1S/C19H14FN5/c20-17-5-2-6-18(16(17)13-23)24-7-9-25(10-8-24)19-14(11-21)3-1-4-15(19)12-22/h1-6H,7-10H2. The minimum Gasteiger partial charge on any atom is -0.367 e. The van der Waals surface area contributed by atoms with E-state index in [9.17, 15) is 20.2 Å². The number of benzene rings is 2. The highest BCUT2D eigenvalue weighted by atomic mass is 19.1. The first-order chi connectivity index (χ1) is 12.2. The van der Waals surface area contributed by atoms with Crippen LogP contribution in [0.2, 0.25) is 0 Å². The summed E-state index contributed by atoms with van der Waals surface area (Å²) in [5.41, 5.74) is 2.21. The minimum atomic E-state index is -0.524. The molecule has 3 rings (SSSR count). The number of nitrogens with zero attached hydrogens (tertiary/aromatic N) is 5. The molecule has 1 aliphatic rings. The van der Waals surface area contributed by atoms with Crippen molar-refractivity contribution in [3.63, 3.8) is 0 Å². The average Bonchev–Trinajstić information content (AvgIpc) is 2.67. The van der Waals surface area contributed by atoms with Gasteiger partial charge in [-0.15, -0.1) is 0 Å². The number of rotatable bonds is 2. The highest BCUT2D eigenvalue weighted by Crippen LogP contribution is 2.28. The van der Waals surface area contributed by atoms with Crippen LogP contribution in [0.4, 0.5) is 15.8 Å². The van der Waals surface area contributed by atoms with Crippen molar-refractivity contribution in [1.29, 1.82) is 15.8 Å². The molecule has 122 valence electrons. The van der Waals surface area contributed by atoms with Crippen LogP contribution in [0.5, 0.6) is 0 Å². The lowest BCUT2D eigenvalue weighted by Gasteiger charge is -2.38. The Balaban J connectivity index is 1.85. The maximum absolute atomic E-state index is 13.8. The van der Waals surface area contributed by atoms with Gasteiger partial charge in [-0.2, -0.15) is 15.8 Å². The molecule has 0 N–H and O–H groups in total. The maximum atomic E-state index is 13.8. The summed E-state index contributed by atoms with van der Waals surface area (Å²) in [4.78, 5) is 3.96. The highest BCUT2D eigenvalue weighted by Gasteiger charge is 2.24. The second-order valence-electron chi connectivity index (χ2n) is 5.65. The molecule has 0 atom stereocenters. The van der Waals surface area contributed by atoms with E-state index in [1.165, 1.54) is 6.07 Å².